The monoisotopic (exact) mass is 250 g/mol. The Hall–Kier alpha value is -2.06. The molecule has 0 saturated heterocycles. The average molecular weight is 250 g/mol. The number of hydrogen-bond acceptors (Lipinski definition) is 1. The largest absolute Gasteiger partial charge is 0.340 e. The van der Waals surface area contributed by atoms with E-state index in [0.717, 1.165) is 6.54 Å². The summed E-state index contributed by atoms with van der Waals surface area (Å²) in [6, 6.07) is 19.0. The van der Waals surface area contributed by atoms with Crippen LogP contribution in [0.3, 0.4) is 0 Å². The van der Waals surface area contributed by atoms with Crippen molar-refractivity contribution in [2.75, 3.05) is 0 Å². The van der Waals surface area contributed by atoms with E-state index in [-0.39, 0.29) is 0 Å². The first-order valence-corrected chi connectivity index (χ1v) is 6.72. The number of nitrogens with zero attached hydrogens (tertiary/aromatic N) is 1. The molecule has 2 nitrogen and oxygen atoms in total. The third-order valence-corrected chi connectivity index (χ3v) is 3.64. The van der Waals surface area contributed by atoms with Crippen LogP contribution in [-0.4, -0.2) is 4.57 Å². The Morgan fingerprint density at radius 1 is 0.947 bits per heavy atom. The molecule has 0 unspecified atom stereocenters. The summed E-state index contributed by atoms with van der Waals surface area (Å²) in [5.74, 6) is 0. The predicted octanol–water partition coefficient (Wildman–Crippen LogP) is 3.79. The molecule has 2 aromatic carbocycles. The molecule has 0 radical (unpaired) electrons. The average Bonchev–Trinajstić information content (AvgIpc) is 2.81. The molecule has 0 saturated carbocycles. The highest BCUT2D eigenvalue weighted by molar-refractivity contribution is 5.91. The van der Waals surface area contributed by atoms with E-state index in [1.54, 1.807) is 0 Å². The van der Waals surface area contributed by atoms with Gasteiger partial charge in [-0.25, -0.2) is 0 Å². The number of nitrogens with two attached hydrogens (primary N) is 1. The molecule has 2 N–H and O–H groups in total. The quantitative estimate of drug-likeness (QED) is 0.753. The number of aromatic nitrogens is 1. The zero-order chi connectivity index (χ0) is 13.2. The van der Waals surface area contributed by atoms with E-state index in [0.29, 0.717) is 6.54 Å². The van der Waals surface area contributed by atoms with Crippen LogP contribution in [0.5, 0.6) is 0 Å². The van der Waals surface area contributed by atoms with Crippen molar-refractivity contribution < 1.29 is 0 Å². The van der Waals surface area contributed by atoms with Crippen molar-refractivity contribution in [2.24, 2.45) is 5.73 Å². The molecule has 3 aromatic rings. The Labute approximate surface area is 113 Å². The van der Waals surface area contributed by atoms with Gasteiger partial charge in [-0.05, 0) is 24.1 Å². The van der Waals surface area contributed by atoms with Crippen LogP contribution in [0.1, 0.15) is 12.5 Å². The highest BCUT2D eigenvalue weighted by Gasteiger charge is 2.15. The maximum atomic E-state index is 6.01. The van der Waals surface area contributed by atoms with Crippen molar-refractivity contribution in [3.05, 3.63) is 60.2 Å². The molecule has 0 atom stereocenters. The first-order valence-electron chi connectivity index (χ1n) is 6.72. The highest BCUT2D eigenvalue weighted by atomic mass is 15.0. The van der Waals surface area contributed by atoms with Gasteiger partial charge in [-0.1, -0.05) is 48.5 Å². The number of fused-ring (bicyclic) bond motifs is 1. The molecule has 3 rings (SSSR count). The minimum Gasteiger partial charge on any atom is -0.340 e. The molecule has 0 amide bonds. The van der Waals surface area contributed by atoms with Crippen molar-refractivity contribution in [1.29, 1.82) is 0 Å². The molecule has 1 heterocycles. The third kappa shape index (κ3) is 1.85. The van der Waals surface area contributed by atoms with E-state index in [1.807, 2.05) is 6.07 Å². The summed E-state index contributed by atoms with van der Waals surface area (Å²) in [5, 5.41) is 1.27. The highest BCUT2D eigenvalue weighted by Crippen LogP contribution is 2.33. The Bertz CT molecular complexity index is 655. The van der Waals surface area contributed by atoms with E-state index in [2.05, 4.69) is 60.0 Å². The first kappa shape index (κ1) is 12.0. The summed E-state index contributed by atoms with van der Waals surface area (Å²) < 4.78 is 2.35. The van der Waals surface area contributed by atoms with E-state index < -0.39 is 0 Å². The van der Waals surface area contributed by atoms with E-state index >= 15 is 0 Å². The van der Waals surface area contributed by atoms with Gasteiger partial charge in [0.05, 0.1) is 5.69 Å². The predicted molar refractivity (Wildman–Crippen MR) is 80.9 cm³/mol. The van der Waals surface area contributed by atoms with Gasteiger partial charge >= 0.3 is 0 Å². The van der Waals surface area contributed by atoms with Gasteiger partial charge in [-0.15, -0.1) is 0 Å². The summed E-state index contributed by atoms with van der Waals surface area (Å²) in [6.07, 6.45) is 0. The van der Waals surface area contributed by atoms with Gasteiger partial charge in [-0.2, -0.15) is 0 Å². The second kappa shape index (κ2) is 4.90. The van der Waals surface area contributed by atoms with Crippen LogP contribution in [0.15, 0.2) is 54.6 Å². The van der Waals surface area contributed by atoms with Crippen molar-refractivity contribution >= 4 is 10.9 Å². The van der Waals surface area contributed by atoms with Crippen LogP contribution in [0.2, 0.25) is 0 Å². The summed E-state index contributed by atoms with van der Waals surface area (Å²) in [6.45, 7) is 3.70. The molecule has 0 fully saturated rings. The van der Waals surface area contributed by atoms with Gasteiger partial charge < -0.3 is 10.3 Å². The van der Waals surface area contributed by atoms with Gasteiger partial charge in [0.2, 0.25) is 0 Å². The Morgan fingerprint density at radius 2 is 1.63 bits per heavy atom. The van der Waals surface area contributed by atoms with Crippen LogP contribution in [0.25, 0.3) is 22.2 Å². The summed E-state index contributed by atoms with van der Waals surface area (Å²) in [5.41, 5.74) is 11.0. The molecular formula is C17H18N2. The lowest BCUT2D eigenvalue weighted by Gasteiger charge is -2.09. The lowest BCUT2D eigenvalue weighted by atomic mass is 10.1. The van der Waals surface area contributed by atoms with Crippen LogP contribution < -0.4 is 5.73 Å². The van der Waals surface area contributed by atoms with Crippen molar-refractivity contribution in [1.82, 2.24) is 4.57 Å². The fourth-order valence-corrected chi connectivity index (χ4v) is 2.84. The SMILES string of the molecule is CCn1c(-c2ccccc2)c(CN)c2ccccc21. The summed E-state index contributed by atoms with van der Waals surface area (Å²) in [7, 11) is 0. The molecule has 0 bridgehead atoms. The second-order valence-electron chi connectivity index (χ2n) is 4.66. The fraction of sp³-hybridized carbons (Fsp3) is 0.176. The van der Waals surface area contributed by atoms with Gasteiger partial charge in [0, 0.05) is 24.0 Å². The number of para-hydroxylation sites is 1. The fourth-order valence-electron chi connectivity index (χ4n) is 2.84. The topological polar surface area (TPSA) is 30.9 Å². The first-order chi connectivity index (χ1) is 9.36. The van der Waals surface area contributed by atoms with E-state index in [1.165, 1.54) is 27.7 Å². The maximum Gasteiger partial charge on any atom is 0.0536 e. The second-order valence-corrected chi connectivity index (χ2v) is 4.66. The molecule has 0 aliphatic carbocycles. The third-order valence-electron chi connectivity index (χ3n) is 3.64. The zero-order valence-electron chi connectivity index (χ0n) is 11.1. The molecular weight excluding hydrogens is 232 g/mol. The molecule has 2 heteroatoms. The minimum absolute atomic E-state index is 0.567. The summed E-state index contributed by atoms with van der Waals surface area (Å²) >= 11 is 0. The molecule has 0 aliphatic heterocycles. The number of benzene rings is 2. The van der Waals surface area contributed by atoms with Gasteiger partial charge in [-0.3, -0.25) is 0 Å². The lowest BCUT2D eigenvalue weighted by Crippen LogP contribution is -2.01. The number of aryl methyl sites for hydroxylation is 1. The lowest BCUT2D eigenvalue weighted by molar-refractivity contribution is 0.800. The Balaban J connectivity index is 2.40. The van der Waals surface area contributed by atoms with Crippen LogP contribution >= 0.6 is 0 Å². The van der Waals surface area contributed by atoms with E-state index in [9.17, 15) is 0 Å². The van der Waals surface area contributed by atoms with Gasteiger partial charge in [0.1, 0.15) is 0 Å². The zero-order valence-corrected chi connectivity index (χ0v) is 11.1. The number of rotatable bonds is 3. The smallest absolute Gasteiger partial charge is 0.0536 e. The Morgan fingerprint density at radius 3 is 2.32 bits per heavy atom. The van der Waals surface area contributed by atoms with Gasteiger partial charge in [0.25, 0.3) is 0 Å². The Kier molecular flexibility index (Phi) is 3.10. The van der Waals surface area contributed by atoms with Crippen molar-refractivity contribution in [2.45, 2.75) is 20.0 Å². The van der Waals surface area contributed by atoms with Gasteiger partial charge in [0.15, 0.2) is 0 Å². The number of hydrogen-bond donors (Lipinski definition) is 1. The molecule has 19 heavy (non-hydrogen) atoms. The molecule has 1 aromatic heterocycles. The molecule has 0 spiro atoms. The standard InChI is InChI=1S/C17H18N2/c1-2-19-16-11-7-6-10-14(16)15(12-18)17(19)13-8-4-3-5-9-13/h3-11H,2,12,18H2,1H3. The van der Waals surface area contributed by atoms with Crippen LogP contribution in [0.4, 0.5) is 0 Å². The van der Waals surface area contributed by atoms with Crippen LogP contribution in [-0.2, 0) is 13.1 Å². The van der Waals surface area contributed by atoms with Crippen molar-refractivity contribution in [3.63, 3.8) is 0 Å². The molecule has 96 valence electrons. The molecule has 0 aliphatic rings. The van der Waals surface area contributed by atoms with Crippen LogP contribution in [0, 0.1) is 0 Å². The normalized spacial score (nSPS) is 11.1. The summed E-state index contributed by atoms with van der Waals surface area (Å²) in [4.78, 5) is 0. The van der Waals surface area contributed by atoms with E-state index in [4.69, 9.17) is 5.73 Å². The minimum atomic E-state index is 0.567. The van der Waals surface area contributed by atoms with Crippen molar-refractivity contribution in [3.8, 4) is 11.3 Å². The maximum absolute atomic E-state index is 6.01.